The summed E-state index contributed by atoms with van der Waals surface area (Å²) < 4.78 is 1.13. The van der Waals surface area contributed by atoms with Crippen molar-refractivity contribution in [2.75, 3.05) is 27.2 Å². The largest absolute Gasteiger partial charge is 0.308 e. The van der Waals surface area contributed by atoms with Gasteiger partial charge in [0.15, 0.2) is 4.47 Å². The highest BCUT2D eigenvalue weighted by atomic mass is 35.5. The maximum absolute atomic E-state index is 13.1. The van der Waals surface area contributed by atoms with Crippen molar-refractivity contribution in [1.82, 2.24) is 14.8 Å². The van der Waals surface area contributed by atoms with Crippen LogP contribution in [0.5, 0.6) is 0 Å². The van der Waals surface area contributed by atoms with Crippen molar-refractivity contribution < 1.29 is 9.59 Å². The summed E-state index contributed by atoms with van der Waals surface area (Å²) in [5, 5.41) is 1.55. The van der Waals surface area contributed by atoms with Crippen LogP contribution in [0.3, 0.4) is 0 Å². The van der Waals surface area contributed by atoms with Gasteiger partial charge >= 0.3 is 0 Å². The predicted molar refractivity (Wildman–Crippen MR) is 96.1 cm³/mol. The number of fused-ring (bicyclic) bond motifs is 2. The molecule has 0 atom stereocenters. The van der Waals surface area contributed by atoms with Crippen LogP contribution >= 0.6 is 22.9 Å². The molecule has 1 aliphatic heterocycles. The lowest BCUT2D eigenvalue weighted by Crippen LogP contribution is -2.43. The average Bonchev–Trinajstić information content (AvgIpc) is 2.90. The average molecular weight is 360 g/mol. The van der Waals surface area contributed by atoms with Crippen molar-refractivity contribution >= 4 is 55.7 Å². The maximum atomic E-state index is 13.1. The molecule has 0 bridgehead atoms. The molecule has 0 saturated heterocycles. The van der Waals surface area contributed by atoms with E-state index in [9.17, 15) is 9.59 Å². The van der Waals surface area contributed by atoms with Gasteiger partial charge < -0.3 is 4.90 Å². The lowest BCUT2D eigenvalue weighted by molar-refractivity contribution is 0.0602. The van der Waals surface area contributed by atoms with Gasteiger partial charge in [-0.05, 0) is 31.6 Å². The SMILES string of the molecule is CN(C)CCN1C(=O)c2cccc3cc4nc(Cl)sc4c(c23)C1=O. The molecule has 4 rings (SSSR count). The molecule has 0 fully saturated rings. The van der Waals surface area contributed by atoms with Gasteiger partial charge in [-0.3, -0.25) is 14.5 Å². The van der Waals surface area contributed by atoms with Gasteiger partial charge in [-0.15, -0.1) is 11.3 Å². The molecule has 0 spiro atoms. The fourth-order valence-corrected chi connectivity index (χ4v) is 4.21. The van der Waals surface area contributed by atoms with Crippen molar-refractivity contribution in [2.45, 2.75) is 0 Å². The molecule has 5 nitrogen and oxygen atoms in total. The van der Waals surface area contributed by atoms with Crippen LogP contribution < -0.4 is 0 Å². The number of carbonyl (C=O) groups excluding carboxylic acids is 2. The monoisotopic (exact) mass is 359 g/mol. The summed E-state index contributed by atoms with van der Waals surface area (Å²) in [5.41, 5.74) is 1.80. The topological polar surface area (TPSA) is 53.5 Å². The summed E-state index contributed by atoms with van der Waals surface area (Å²) in [6.45, 7) is 0.964. The molecule has 2 amide bonds. The van der Waals surface area contributed by atoms with E-state index in [2.05, 4.69) is 4.98 Å². The molecule has 0 aliphatic carbocycles. The Morgan fingerprint density at radius 2 is 2.04 bits per heavy atom. The first-order valence-electron chi connectivity index (χ1n) is 7.50. The fourth-order valence-electron chi connectivity index (χ4n) is 3.07. The Balaban J connectivity index is 2.01. The third-order valence-corrected chi connectivity index (χ3v) is 5.39. The predicted octanol–water partition coefficient (Wildman–Crippen LogP) is 3.26. The summed E-state index contributed by atoms with van der Waals surface area (Å²) >= 11 is 7.34. The number of thiazole rings is 1. The molecule has 1 aromatic heterocycles. The lowest BCUT2D eigenvalue weighted by Gasteiger charge is -2.28. The van der Waals surface area contributed by atoms with Crippen molar-refractivity contribution in [2.24, 2.45) is 0 Å². The fraction of sp³-hybridized carbons (Fsp3) is 0.235. The number of hydrogen-bond acceptors (Lipinski definition) is 5. The molecule has 2 aromatic carbocycles. The minimum atomic E-state index is -0.267. The molecule has 0 N–H and O–H groups in total. The second-order valence-electron chi connectivity index (χ2n) is 6.04. The van der Waals surface area contributed by atoms with Gasteiger partial charge in [0.2, 0.25) is 0 Å². The first kappa shape index (κ1) is 15.5. The molecule has 2 heterocycles. The van der Waals surface area contributed by atoms with Gasteiger partial charge in [0.1, 0.15) is 0 Å². The number of aromatic nitrogens is 1. The van der Waals surface area contributed by atoms with Crippen LogP contribution in [0.1, 0.15) is 20.7 Å². The van der Waals surface area contributed by atoms with Crippen LogP contribution in [0.25, 0.3) is 21.0 Å². The van der Waals surface area contributed by atoms with Crippen LogP contribution in [-0.2, 0) is 0 Å². The van der Waals surface area contributed by atoms with Crippen LogP contribution in [0, 0.1) is 0 Å². The van der Waals surface area contributed by atoms with E-state index < -0.39 is 0 Å². The Morgan fingerprint density at radius 1 is 1.25 bits per heavy atom. The number of benzene rings is 2. The summed E-state index contributed by atoms with van der Waals surface area (Å²) in [4.78, 5) is 33.5. The Bertz CT molecular complexity index is 1010. The zero-order valence-electron chi connectivity index (χ0n) is 13.2. The molecule has 0 radical (unpaired) electrons. The van der Waals surface area contributed by atoms with Crippen LogP contribution in [0.4, 0.5) is 0 Å². The number of carbonyl (C=O) groups is 2. The minimum Gasteiger partial charge on any atom is -0.308 e. The third-order valence-electron chi connectivity index (χ3n) is 4.20. The smallest absolute Gasteiger partial charge is 0.262 e. The van der Waals surface area contributed by atoms with E-state index in [1.165, 1.54) is 16.2 Å². The zero-order chi connectivity index (χ0) is 17.0. The standard InChI is InChI=1S/C17H14ClN3O2S/c1-20(2)6-7-21-15(22)10-5-3-4-9-8-11-14(24-17(18)19-11)13(12(9)10)16(21)23/h3-5,8H,6-7H2,1-2H3. The summed E-state index contributed by atoms with van der Waals surface area (Å²) in [7, 11) is 3.82. The molecule has 122 valence electrons. The number of amides is 2. The highest BCUT2D eigenvalue weighted by Gasteiger charge is 2.34. The Labute approximate surface area is 147 Å². The normalized spacial score (nSPS) is 14.4. The quantitative estimate of drug-likeness (QED) is 0.673. The second-order valence-corrected chi connectivity index (χ2v) is 7.62. The van der Waals surface area contributed by atoms with E-state index in [0.717, 1.165) is 10.1 Å². The highest BCUT2D eigenvalue weighted by Crippen LogP contribution is 2.39. The summed E-state index contributed by atoms with van der Waals surface area (Å²) in [6.07, 6.45) is 0. The molecule has 1 aliphatic rings. The first-order chi connectivity index (χ1) is 11.5. The third kappa shape index (κ3) is 2.22. The summed E-state index contributed by atoms with van der Waals surface area (Å²) in [6, 6.07) is 7.39. The second kappa shape index (κ2) is 5.51. The van der Waals surface area contributed by atoms with Gasteiger partial charge in [0, 0.05) is 24.0 Å². The van der Waals surface area contributed by atoms with Gasteiger partial charge in [-0.25, -0.2) is 4.98 Å². The van der Waals surface area contributed by atoms with Crippen LogP contribution in [-0.4, -0.2) is 53.8 Å². The summed E-state index contributed by atoms with van der Waals surface area (Å²) in [5.74, 6) is -0.508. The van der Waals surface area contributed by atoms with Gasteiger partial charge in [0.25, 0.3) is 11.8 Å². The number of nitrogens with zero attached hydrogens (tertiary/aromatic N) is 3. The maximum Gasteiger partial charge on any atom is 0.262 e. The van der Waals surface area contributed by atoms with Crippen molar-refractivity contribution in [3.8, 4) is 0 Å². The van der Waals surface area contributed by atoms with E-state index >= 15 is 0 Å². The van der Waals surface area contributed by atoms with Gasteiger partial charge in [-0.2, -0.15) is 0 Å². The highest BCUT2D eigenvalue weighted by molar-refractivity contribution is 7.22. The minimum absolute atomic E-state index is 0.241. The molecule has 7 heteroatoms. The van der Waals surface area contributed by atoms with E-state index in [0.29, 0.717) is 39.6 Å². The molecular weight excluding hydrogens is 346 g/mol. The van der Waals surface area contributed by atoms with Crippen molar-refractivity contribution in [3.63, 3.8) is 0 Å². The van der Waals surface area contributed by atoms with Gasteiger partial charge in [-0.1, -0.05) is 23.7 Å². The number of halogens is 1. The molecule has 24 heavy (non-hydrogen) atoms. The van der Waals surface area contributed by atoms with Crippen molar-refractivity contribution in [1.29, 1.82) is 0 Å². The van der Waals surface area contributed by atoms with E-state index in [1.54, 1.807) is 6.07 Å². The van der Waals surface area contributed by atoms with E-state index in [4.69, 9.17) is 11.6 Å². The molecule has 0 unspecified atom stereocenters. The number of likely N-dealkylation sites (N-methyl/N-ethyl adjacent to an activating group) is 1. The lowest BCUT2D eigenvalue weighted by atomic mass is 9.93. The molecule has 3 aromatic rings. The van der Waals surface area contributed by atoms with Crippen molar-refractivity contribution in [3.05, 3.63) is 39.9 Å². The van der Waals surface area contributed by atoms with E-state index in [1.807, 2.05) is 37.2 Å². The number of imide groups is 1. The number of hydrogen-bond donors (Lipinski definition) is 0. The van der Waals surface area contributed by atoms with Crippen LogP contribution in [0.15, 0.2) is 24.3 Å². The Morgan fingerprint density at radius 3 is 2.79 bits per heavy atom. The first-order valence-corrected chi connectivity index (χ1v) is 8.69. The van der Waals surface area contributed by atoms with Gasteiger partial charge in [0.05, 0.1) is 15.8 Å². The number of rotatable bonds is 3. The Hall–Kier alpha value is -2.02. The molecule has 0 saturated carbocycles. The Kier molecular flexibility index (Phi) is 3.56. The molecular formula is C17H14ClN3O2S. The van der Waals surface area contributed by atoms with Crippen LogP contribution in [0.2, 0.25) is 4.47 Å². The van der Waals surface area contributed by atoms with E-state index in [-0.39, 0.29) is 11.8 Å². The zero-order valence-corrected chi connectivity index (χ0v) is 14.7.